The fourth-order valence-electron chi connectivity index (χ4n) is 2.53. The van der Waals surface area contributed by atoms with Gasteiger partial charge in [-0.3, -0.25) is 10.1 Å². The zero-order chi connectivity index (χ0) is 19.9. The predicted molar refractivity (Wildman–Crippen MR) is 108 cm³/mol. The zero-order valence-corrected chi connectivity index (χ0v) is 16.7. The predicted octanol–water partition coefficient (Wildman–Crippen LogP) is 4.02. The van der Waals surface area contributed by atoms with Gasteiger partial charge >= 0.3 is 0 Å². The SMILES string of the molecule is CC[C@@H](Oc1ccccc1)C(=O)Nc1nnc(-c2ccc(OC)c(OC)c2)s1. The maximum Gasteiger partial charge on any atom is 0.267 e. The lowest BCUT2D eigenvalue weighted by Crippen LogP contribution is -2.32. The van der Waals surface area contributed by atoms with Crippen LogP contribution in [0.4, 0.5) is 5.13 Å². The number of benzene rings is 2. The van der Waals surface area contributed by atoms with E-state index in [0.717, 1.165) is 5.56 Å². The number of amides is 1. The molecule has 0 aliphatic rings. The van der Waals surface area contributed by atoms with Gasteiger partial charge < -0.3 is 14.2 Å². The number of hydrogen-bond acceptors (Lipinski definition) is 7. The molecule has 8 heteroatoms. The summed E-state index contributed by atoms with van der Waals surface area (Å²) < 4.78 is 16.3. The summed E-state index contributed by atoms with van der Waals surface area (Å²) in [5, 5.41) is 12.1. The Kier molecular flexibility index (Phi) is 6.44. The maximum atomic E-state index is 12.5. The van der Waals surface area contributed by atoms with E-state index in [0.29, 0.717) is 33.8 Å². The second-order valence-electron chi connectivity index (χ2n) is 5.80. The van der Waals surface area contributed by atoms with Crippen molar-refractivity contribution in [2.75, 3.05) is 19.5 Å². The van der Waals surface area contributed by atoms with Gasteiger partial charge in [0.25, 0.3) is 5.91 Å². The first-order chi connectivity index (χ1) is 13.6. The average Bonchev–Trinajstić information content (AvgIpc) is 3.20. The molecule has 0 fully saturated rings. The van der Waals surface area contributed by atoms with Gasteiger partial charge in [-0.2, -0.15) is 0 Å². The summed E-state index contributed by atoms with van der Waals surface area (Å²) in [4.78, 5) is 12.5. The molecule has 1 amide bonds. The molecular formula is C20H21N3O4S. The molecule has 3 aromatic rings. The molecule has 0 saturated carbocycles. The van der Waals surface area contributed by atoms with Crippen molar-refractivity contribution in [1.29, 1.82) is 0 Å². The summed E-state index contributed by atoms with van der Waals surface area (Å²) in [5.74, 6) is 1.62. The normalized spacial score (nSPS) is 11.5. The molecule has 7 nitrogen and oxygen atoms in total. The van der Waals surface area contributed by atoms with E-state index in [1.165, 1.54) is 11.3 Å². The van der Waals surface area contributed by atoms with Crippen molar-refractivity contribution < 1.29 is 19.0 Å². The first-order valence-corrected chi connectivity index (χ1v) is 9.54. The summed E-state index contributed by atoms with van der Waals surface area (Å²) in [6.07, 6.45) is -0.0851. The Morgan fingerprint density at radius 2 is 1.82 bits per heavy atom. The van der Waals surface area contributed by atoms with Gasteiger partial charge in [0.1, 0.15) is 10.8 Å². The second kappa shape index (κ2) is 9.18. The molecule has 0 aliphatic heterocycles. The Morgan fingerprint density at radius 3 is 2.50 bits per heavy atom. The van der Waals surface area contributed by atoms with Crippen molar-refractivity contribution >= 4 is 22.4 Å². The van der Waals surface area contributed by atoms with E-state index in [2.05, 4.69) is 15.5 Å². The average molecular weight is 399 g/mol. The molecule has 1 heterocycles. The van der Waals surface area contributed by atoms with Crippen molar-refractivity contribution in [2.45, 2.75) is 19.4 Å². The van der Waals surface area contributed by atoms with Crippen molar-refractivity contribution in [3.63, 3.8) is 0 Å². The summed E-state index contributed by atoms with van der Waals surface area (Å²) in [6, 6.07) is 14.7. The molecule has 0 aliphatic carbocycles. The molecular weight excluding hydrogens is 378 g/mol. The zero-order valence-electron chi connectivity index (χ0n) is 15.8. The van der Waals surface area contributed by atoms with Gasteiger partial charge in [-0.1, -0.05) is 36.5 Å². The maximum absolute atomic E-state index is 12.5. The summed E-state index contributed by atoms with van der Waals surface area (Å²) in [6.45, 7) is 1.89. The van der Waals surface area contributed by atoms with E-state index < -0.39 is 6.10 Å². The quantitative estimate of drug-likeness (QED) is 0.616. The van der Waals surface area contributed by atoms with E-state index in [4.69, 9.17) is 14.2 Å². The first kappa shape index (κ1) is 19.6. The van der Waals surface area contributed by atoms with Gasteiger partial charge in [-0.25, -0.2) is 0 Å². The molecule has 28 heavy (non-hydrogen) atoms. The minimum atomic E-state index is -0.615. The lowest BCUT2D eigenvalue weighted by atomic mass is 10.2. The molecule has 2 aromatic carbocycles. The van der Waals surface area contributed by atoms with Crippen molar-refractivity contribution in [3.05, 3.63) is 48.5 Å². The number of carbonyl (C=O) groups excluding carboxylic acids is 1. The summed E-state index contributed by atoms with van der Waals surface area (Å²) >= 11 is 1.28. The number of anilines is 1. The van der Waals surface area contributed by atoms with Crippen LogP contribution in [0, 0.1) is 0 Å². The van der Waals surface area contributed by atoms with Crippen LogP contribution in [-0.4, -0.2) is 36.4 Å². The van der Waals surface area contributed by atoms with Crippen LogP contribution in [0.15, 0.2) is 48.5 Å². The summed E-state index contributed by atoms with van der Waals surface area (Å²) in [5.41, 5.74) is 0.822. The molecule has 146 valence electrons. The van der Waals surface area contributed by atoms with Crippen LogP contribution >= 0.6 is 11.3 Å². The van der Waals surface area contributed by atoms with Gasteiger partial charge in [0.15, 0.2) is 17.6 Å². The largest absolute Gasteiger partial charge is 0.493 e. The van der Waals surface area contributed by atoms with Gasteiger partial charge in [0, 0.05) is 5.56 Å². The van der Waals surface area contributed by atoms with Crippen molar-refractivity contribution in [1.82, 2.24) is 10.2 Å². The van der Waals surface area contributed by atoms with Gasteiger partial charge in [0.2, 0.25) is 5.13 Å². The fourth-order valence-corrected chi connectivity index (χ4v) is 3.27. The minimum Gasteiger partial charge on any atom is -0.493 e. The van der Waals surface area contributed by atoms with Crippen LogP contribution < -0.4 is 19.5 Å². The lowest BCUT2D eigenvalue weighted by Gasteiger charge is -2.16. The first-order valence-electron chi connectivity index (χ1n) is 8.73. The van der Waals surface area contributed by atoms with Crippen LogP contribution in [0.5, 0.6) is 17.2 Å². The van der Waals surface area contributed by atoms with Gasteiger partial charge in [-0.05, 0) is 36.8 Å². The number of ether oxygens (including phenoxy) is 3. The summed E-state index contributed by atoms with van der Waals surface area (Å²) in [7, 11) is 3.16. The molecule has 3 rings (SSSR count). The number of aromatic nitrogens is 2. The number of para-hydroxylation sites is 1. The van der Waals surface area contributed by atoms with Crippen molar-refractivity contribution in [3.8, 4) is 27.8 Å². The van der Waals surface area contributed by atoms with E-state index in [9.17, 15) is 4.79 Å². The number of nitrogens with one attached hydrogen (secondary N) is 1. The highest BCUT2D eigenvalue weighted by atomic mass is 32.1. The molecule has 1 atom stereocenters. The molecule has 0 radical (unpaired) electrons. The third-order valence-electron chi connectivity index (χ3n) is 3.97. The minimum absolute atomic E-state index is 0.263. The number of hydrogen-bond donors (Lipinski definition) is 1. The monoisotopic (exact) mass is 399 g/mol. The molecule has 1 N–H and O–H groups in total. The third kappa shape index (κ3) is 4.58. The highest BCUT2D eigenvalue weighted by Crippen LogP contribution is 2.34. The molecule has 1 aromatic heterocycles. The molecule has 0 spiro atoms. The van der Waals surface area contributed by atoms with Crippen LogP contribution in [0.25, 0.3) is 10.6 Å². The number of carbonyl (C=O) groups is 1. The highest BCUT2D eigenvalue weighted by Gasteiger charge is 2.20. The highest BCUT2D eigenvalue weighted by molar-refractivity contribution is 7.18. The second-order valence-corrected chi connectivity index (χ2v) is 6.78. The fraction of sp³-hybridized carbons (Fsp3) is 0.250. The van der Waals surface area contributed by atoms with Crippen LogP contribution in [0.3, 0.4) is 0 Å². The van der Waals surface area contributed by atoms with E-state index in [1.807, 2.05) is 49.4 Å². The smallest absolute Gasteiger partial charge is 0.267 e. The molecule has 0 bridgehead atoms. The van der Waals surface area contributed by atoms with Crippen LogP contribution in [0.2, 0.25) is 0 Å². The molecule has 0 saturated heterocycles. The standard InChI is InChI=1S/C20H21N3O4S/c1-4-15(27-14-8-6-5-7-9-14)18(24)21-20-23-22-19(28-20)13-10-11-16(25-2)17(12-13)26-3/h5-12,15H,4H2,1-3H3,(H,21,23,24)/t15-/m1/s1. The number of methoxy groups -OCH3 is 2. The Morgan fingerprint density at radius 1 is 1.07 bits per heavy atom. The number of nitrogens with zero attached hydrogens (tertiary/aromatic N) is 2. The van der Waals surface area contributed by atoms with Gasteiger partial charge in [0.05, 0.1) is 14.2 Å². The Labute approximate surface area is 167 Å². The van der Waals surface area contributed by atoms with Gasteiger partial charge in [-0.15, -0.1) is 10.2 Å². The Balaban J connectivity index is 1.70. The van der Waals surface area contributed by atoms with E-state index >= 15 is 0 Å². The van der Waals surface area contributed by atoms with Crippen molar-refractivity contribution in [2.24, 2.45) is 0 Å². The topological polar surface area (TPSA) is 82.6 Å². The van der Waals surface area contributed by atoms with E-state index in [-0.39, 0.29) is 5.91 Å². The Bertz CT molecular complexity index is 930. The Hall–Kier alpha value is -3.13. The lowest BCUT2D eigenvalue weighted by molar-refractivity contribution is -0.122. The van der Waals surface area contributed by atoms with E-state index in [1.54, 1.807) is 20.3 Å². The van der Waals surface area contributed by atoms with Crippen LogP contribution in [0.1, 0.15) is 13.3 Å². The molecule has 0 unspecified atom stereocenters. The third-order valence-corrected chi connectivity index (χ3v) is 4.86. The van der Waals surface area contributed by atoms with Crippen LogP contribution in [-0.2, 0) is 4.79 Å². The number of rotatable bonds is 8.